The average molecular weight is 504 g/mol. The van der Waals surface area contributed by atoms with Crippen LogP contribution in [0, 0.1) is 17.3 Å². The molecule has 0 radical (unpaired) electrons. The Morgan fingerprint density at radius 3 is 2.68 bits per heavy atom. The molecule has 2 saturated carbocycles. The number of ketones is 1. The van der Waals surface area contributed by atoms with Crippen LogP contribution in [0.2, 0.25) is 0 Å². The summed E-state index contributed by atoms with van der Waals surface area (Å²) in [7, 11) is 0. The number of carbonyl (C=O) groups is 1. The number of fused-ring (bicyclic) bond motifs is 5. The van der Waals surface area contributed by atoms with E-state index in [1.54, 1.807) is 0 Å². The molecule has 3 nitrogen and oxygen atoms in total. The zero-order valence-electron chi connectivity index (χ0n) is 17.7. The molecule has 5 atom stereocenters. The van der Waals surface area contributed by atoms with Crippen LogP contribution in [0.3, 0.4) is 0 Å². The summed E-state index contributed by atoms with van der Waals surface area (Å²) in [6.07, 6.45) is 4.64. The van der Waals surface area contributed by atoms with Crippen LogP contribution < -0.4 is 4.74 Å². The van der Waals surface area contributed by atoms with Crippen molar-refractivity contribution in [3.8, 4) is 11.5 Å². The Hall–Kier alpha value is -1.52. The standard InChI is InChI=1S/C26H28BrClO3/c1-26-14-20(15-2-4-16(5-3-15)31-13-12-28)24-17-8-10-22(29)25(27)18(17)6-7-19(24)21(26)9-11-23(26)30/h2-5,8,10,19-21,24,29H,6-7,9,11-14H2,1H3/t19-,20+,21-,24+,26-/m0/s1. The second-order valence-corrected chi connectivity index (χ2v) is 10.8. The van der Waals surface area contributed by atoms with Gasteiger partial charge in [0.1, 0.15) is 23.9 Å². The van der Waals surface area contributed by atoms with E-state index in [0.717, 1.165) is 35.9 Å². The van der Waals surface area contributed by atoms with Gasteiger partial charge in [0.25, 0.3) is 0 Å². The number of phenols is 1. The number of hydrogen-bond acceptors (Lipinski definition) is 3. The quantitative estimate of drug-likeness (QED) is 0.479. The predicted molar refractivity (Wildman–Crippen MR) is 126 cm³/mol. The minimum Gasteiger partial charge on any atom is -0.507 e. The summed E-state index contributed by atoms with van der Waals surface area (Å²) in [6, 6.07) is 12.3. The minimum absolute atomic E-state index is 0.231. The molecule has 0 aromatic heterocycles. The number of carbonyl (C=O) groups excluding carboxylic acids is 1. The third kappa shape index (κ3) is 3.41. The molecule has 0 saturated heterocycles. The lowest BCUT2D eigenvalue weighted by Gasteiger charge is -2.52. The first kappa shape index (κ1) is 21.3. The number of phenolic OH excluding ortho intramolecular Hbond substituents is 1. The fourth-order valence-electron chi connectivity index (χ4n) is 6.80. The van der Waals surface area contributed by atoms with Gasteiger partial charge < -0.3 is 9.84 Å². The Morgan fingerprint density at radius 1 is 1.16 bits per heavy atom. The number of aromatic hydroxyl groups is 1. The maximum Gasteiger partial charge on any atom is 0.139 e. The molecule has 0 unspecified atom stereocenters. The molecule has 5 heteroatoms. The molecule has 0 spiro atoms. The fraction of sp³-hybridized carbons (Fsp3) is 0.500. The molecular weight excluding hydrogens is 476 g/mol. The van der Waals surface area contributed by atoms with Crippen LogP contribution in [0.1, 0.15) is 61.1 Å². The Bertz CT molecular complexity index is 1000. The van der Waals surface area contributed by atoms with Gasteiger partial charge in [0.2, 0.25) is 0 Å². The van der Waals surface area contributed by atoms with E-state index in [9.17, 15) is 9.90 Å². The molecule has 0 amide bonds. The molecule has 5 rings (SSSR count). The molecule has 2 fully saturated rings. The molecule has 0 bridgehead atoms. The molecule has 2 aromatic carbocycles. The molecule has 31 heavy (non-hydrogen) atoms. The highest BCUT2D eigenvalue weighted by Crippen LogP contribution is 2.64. The lowest BCUT2D eigenvalue weighted by Crippen LogP contribution is -2.46. The van der Waals surface area contributed by atoms with Crippen LogP contribution in [0.4, 0.5) is 0 Å². The van der Waals surface area contributed by atoms with Gasteiger partial charge in [-0.05, 0) is 100 Å². The van der Waals surface area contributed by atoms with Crippen molar-refractivity contribution in [2.75, 3.05) is 12.5 Å². The number of ether oxygens (including phenoxy) is 1. The van der Waals surface area contributed by atoms with Crippen LogP contribution in [-0.2, 0) is 11.2 Å². The minimum atomic E-state index is -0.231. The van der Waals surface area contributed by atoms with Crippen LogP contribution in [0.15, 0.2) is 40.9 Å². The lowest BCUT2D eigenvalue weighted by molar-refractivity contribution is -0.130. The maximum absolute atomic E-state index is 13.0. The van der Waals surface area contributed by atoms with Crippen molar-refractivity contribution in [1.29, 1.82) is 0 Å². The smallest absolute Gasteiger partial charge is 0.139 e. The highest BCUT2D eigenvalue weighted by atomic mass is 79.9. The summed E-state index contributed by atoms with van der Waals surface area (Å²) < 4.78 is 6.51. The largest absolute Gasteiger partial charge is 0.507 e. The first-order valence-electron chi connectivity index (χ1n) is 11.3. The molecule has 0 aliphatic heterocycles. The second kappa shape index (κ2) is 8.12. The molecular formula is C26H28BrClO3. The Labute approximate surface area is 197 Å². The highest BCUT2D eigenvalue weighted by molar-refractivity contribution is 9.10. The van der Waals surface area contributed by atoms with Crippen LogP contribution in [-0.4, -0.2) is 23.4 Å². The maximum atomic E-state index is 13.0. The van der Waals surface area contributed by atoms with E-state index in [2.05, 4.69) is 41.1 Å². The molecule has 0 heterocycles. The Kier molecular flexibility index (Phi) is 5.58. The molecule has 3 aliphatic carbocycles. The van der Waals surface area contributed by atoms with E-state index in [0.29, 0.717) is 48.2 Å². The van der Waals surface area contributed by atoms with Crippen LogP contribution >= 0.6 is 27.5 Å². The summed E-state index contributed by atoms with van der Waals surface area (Å²) in [5.41, 5.74) is 3.62. The molecule has 164 valence electrons. The van der Waals surface area contributed by atoms with Gasteiger partial charge in [-0.3, -0.25) is 4.79 Å². The lowest BCUT2D eigenvalue weighted by atomic mass is 9.51. The van der Waals surface area contributed by atoms with Crippen molar-refractivity contribution in [2.24, 2.45) is 17.3 Å². The number of rotatable bonds is 4. The third-order valence-electron chi connectivity index (χ3n) is 8.19. The van der Waals surface area contributed by atoms with Gasteiger partial charge in [-0.2, -0.15) is 0 Å². The van der Waals surface area contributed by atoms with Gasteiger partial charge in [-0.1, -0.05) is 25.1 Å². The van der Waals surface area contributed by atoms with E-state index in [1.165, 1.54) is 16.7 Å². The summed E-state index contributed by atoms with van der Waals surface area (Å²) in [5, 5.41) is 10.3. The number of benzene rings is 2. The Balaban J connectivity index is 1.59. The fourth-order valence-corrected chi connectivity index (χ4v) is 7.44. The van der Waals surface area contributed by atoms with E-state index in [4.69, 9.17) is 16.3 Å². The van der Waals surface area contributed by atoms with Crippen molar-refractivity contribution >= 4 is 33.3 Å². The van der Waals surface area contributed by atoms with Crippen LogP contribution in [0.25, 0.3) is 0 Å². The molecule has 2 aromatic rings. The number of Topliss-reactive ketones (excluding diaryl/α,β-unsaturated/α-hetero) is 1. The normalized spacial score (nSPS) is 31.6. The van der Waals surface area contributed by atoms with E-state index in [1.807, 2.05) is 18.2 Å². The van der Waals surface area contributed by atoms with Gasteiger partial charge in [0.15, 0.2) is 0 Å². The second-order valence-electron chi connectivity index (χ2n) is 9.60. The van der Waals surface area contributed by atoms with Crippen molar-refractivity contribution in [3.05, 3.63) is 57.6 Å². The zero-order valence-corrected chi connectivity index (χ0v) is 20.1. The van der Waals surface area contributed by atoms with Gasteiger partial charge in [0.05, 0.1) is 10.4 Å². The average Bonchev–Trinajstić information content (AvgIpc) is 3.08. The van der Waals surface area contributed by atoms with E-state index < -0.39 is 0 Å². The Morgan fingerprint density at radius 2 is 1.94 bits per heavy atom. The monoisotopic (exact) mass is 502 g/mol. The zero-order chi connectivity index (χ0) is 21.8. The predicted octanol–water partition coefficient (Wildman–Crippen LogP) is 6.59. The van der Waals surface area contributed by atoms with Gasteiger partial charge in [0, 0.05) is 11.8 Å². The van der Waals surface area contributed by atoms with Crippen molar-refractivity contribution in [3.63, 3.8) is 0 Å². The van der Waals surface area contributed by atoms with Gasteiger partial charge in [-0.25, -0.2) is 0 Å². The number of alkyl halides is 1. The van der Waals surface area contributed by atoms with E-state index >= 15 is 0 Å². The number of hydrogen-bond donors (Lipinski definition) is 1. The topological polar surface area (TPSA) is 46.5 Å². The van der Waals surface area contributed by atoms with Crippen LogP contribution in [0.5, 0.6) is 11.5 Å². The van der Waals surface area contributed by atoms with Gasteiger partial charge >= 0.3 is 0 Å². The SMILES string of the molecule is C[C@]12C[C@H](c3ccc(OCCCl)cc3)[C@@H]3c4ccc(O)c(Br)c4CC[C@H]3[C@@H]1CCC2=O. The summed E-state index contributed by atoms with van der Waals surface area (Å²) >= 11 is 9.39. The molecule has 1 N–H and O–H groups in total. The van der Waals surface area contributed by atoms with Crippen molar-refractivity contribution in [1.82, 2.24) is 0 Å². The van der Waals surface area contributed by atoms with Crippen molar-refractivity contribution in [2.45, 2.75) is 50.9 Å². The highest BCUT2D eigenvalue weighted by Gasteiger charge is 2.58. The van der Waals surface area contributed by atoms with Gasteiger partial charge in [-0.15, -0.1) is 11.6 Å². The van der Waals surface area contributed by atoms with E-state index in [-0.39, 0.29) is 11.3 Å². The molecule has 3 aliphatic rings. The summed E-state index contributed by atoms with van der Waals surface area (Å²) in [6.45, 7) is 2.71. The number of halogens is 2. The third-order valence-corrected chi connectivity index (χ3v) is 9.23. The summed E-state index contributed by atoms with van der Waals surface area (Å²) in [5.74, 6) is 3.63. The first-order chi connectivity index (χ1) is 14.9. The summed E-state index contributed by atoms with van der Waals surface area (Å²) in [4.78, 5) is 13.0. The first-order valence-corrected chi connectivity index (χ1v) is 12.6. The van der Waals surface area contributed by atoms with Crippen molar-refractivity contribution < 1.29 is 14.6 Å².